The fourth-order valence-electron chi connectivity index (χ4n) is 2.06. The molecule has 84 valence electrons. The summed E-state index contributed by atoms with van der Waals surface area (Å²) >= 11 is 5.78. The van der Waals surface area contributed by atoms with Crippen LogP contribution in [-0.4, -0.2) is 39.8 Å². The minimum absolute atomic E-state index is 0.451. The summed E-state index contributed by atoms with van der Waals surface area (Å²) < 4.78 is 2.09. The summed E-state index contributed by atoms with van der Waals surface area (Å²) in [7, 11) is 2.18. The zero-order valence-electron chi connectivity index (χ0n) is 9.06. The molecule has 1 aromatic heterocycles. The highest BCUT2D eigenvalue weighted by atomic mass is 35.5. The zero-order valence-corrected chi connectivity index (χ0v) is 9.82. The number of alkyl halides is 1. The van der Waals surface area contributed by atoms with E-state index in [1.165, 1.54) is 25.9 Å². The summed E-state index contributed by atoms with van der Waals surface area (Å²) in [5, 5.41) is 7.88. The van der Waals surface area contributed by atoms with Crippen molar-refractivity contribution in [1.29, 1.82) is 0 Å². The normalized spacial score (nSPS) is 19.6. The Bertz CT molecular complexity index is 304. The molecule has 1 saturated heterocycles. The highest BCUT2D eigenvalue weighted by Gasteiger charge is 2.17. The third kappa shape index (κ3) is 2.69. The van der Waals surface area contributed by atoms with Crippen LogP contribution < -0.4 is 0 Å². The van der Waals surface area contributed by atoms with Gasteiger partial charge in [-0.3, -0.25) is 0 Å². The van der Waals surface area contributed by atoms with E-state index < -0.39 is 0 Å². The van der Waals surface area contributed by atoms with Gasteiger partial charge in [0.2, 0.25) is 0 Å². The van der Waals surface area contributed by atoms with Crippen LogP contribution in [0.3, 0.4) is 0 Å². The Morgan fingerprint density at radius 3 is 2.87 bits per heavy atom. The molecule has 0 atom stereocenters. The van der Waals surface area contributed by atoms with Crippen molar-refractivity contribution in [3.05, 3.63) is 12.2 Å². The maximum absolute atomic E-state index is 5.78. The average Bonchev–Trinajstić information content (AvgIpc) is 2.69. The lowest BCUT2D eigenvalue weighted by molar-refractivity contribution is 0.204. The molecule has 2 heterocycles. The van der Waals surface area contributed by atoms with Crippen molar-refractivity contribution >= 4 is 11.6 Å². The van der Waals surface area contributed by atoms with Crippen molar-refractivity contribution in [2.75, 3.05) is 20.1 Å². The SMILES string of the molecule is CN1CCC(Cn2cnnc2CCl)CC1. The van der Waals surface area contributed by atoms with Gasteiger partial charge in [0, 0.05) is 6.54 Å². The fourth-order valence-corrected chi connectivity index (χ4v) is 2.26. The van der Waals surface area contributed by atoms with Gasteiger partial charge in [0.15, 0.2) is 0 Å². The maximum Gasteiger partial charge on any atom is 0.147 e. The summed E-state index contributed by atoms with van der Waals surface area (Å²) in [5.41, 5.74) is 0. The average molecular weight is 229 g/mol. The Morgan fingerprint density at radius 1 is 1.47 bits per heavy atom. The van der Waals surface area contributed by atoms with E-state index >= 15 is 0 Å². The molecule has 15 heavy (non-hydrogen) atoms. The van der Waals surface area contributed by atoms with Gasteiger partial charge < -0.3 is 9.47 Å². The van der Waals surface area contributed by atoms with Gasteiger partial charge in [-0.05, 0) is 38.9 Å². The van der Waals surface area contributed by atoms with Gasteiger partial charge in [0.25, 0.3) is 0 Å². The molecule has 0 spiro atoms. The van der Waals surface area contributed by atoms with Crippen LogP contribution in [-0.2, 0) is 12.4 Å². The van der Waals surface area contributed by atoms with Crippen molar-refractivity contribution in [1.82, 2.24) is 19.7 Å². The highest BCUT2D eigenvalue weighted by molar-refractivity contribution is 6.16. The first-order valence-electron chi connectivity index (χ1n) is 5.41. The van der Waals surface area contributed by atoms with Crippen molar-refractivity contribution in [3.63, 3.8) is 0 Å². The number of nitrogens with zero attached hydrogens (tertiary/aromatic N) is 4. The number of rotatable bonds is 3. The third-order valence-electron chi connectivity index (χ3n) is 3.11. The monoisotopic (exact) mass is 228 g/mol. The van der Waals surface area contributed by atoms with E-state index in [1.807, 2.05) is 0 Å². The number of hydrogen-bond donors (Lipinski definition) is 0. The van der Waals surface area contributed by atoms with E-state index in [2.05, 4.69) is 26.7 Å². The standard InChI is InChI=1S/C10H17ClN4/c1-14-4-2-9(3-5-14)7-15-8-12-13-10(15)6-11/h8-9H,2-7H2,1H3. The molecule has 0 saturated carbocycles. The molecule has 1 aliphatic rings. The Labute approximate surface area is 95.2 Å². The molecule has 0 aliphatic carbocycles. The first-order valence-corrected chi connectivity index (χ1v) is 5.94. The molecule has 1 aliphatic heterocycles. The van der Waals surface area contributed by atoms with E-state index in [4.69, 9.17) is 11.6 Å². The molecule has 1 aromatic rings. The Morgan fingerprint density at radius 2 is 2.20 bits per heavy atom. The van der Waals surface area contributed by atoms with Gasteiger partial charge in [-0.2, -0.15) is 0 Å². The number of aromatic nitrogens is 3. The van der Waals surface area contributed by atoms with Crippen LogP contribution in [0.2, 0.25) is 0 Å². The van der Waals surface area contributed by atoms with Gasteiger partial charge in [-0.15, -0.1) is 21.8 Å². The molecule has 0 bridgehead atoms. The Balaban J connectivity index is 1.91. The lowest BCUT2D eigenvalue weighted by atomic mass is 9.97. The fraction of sp³-hybridized carbons (Fsp3) is 0.800. The topological polar surface area (TPSA) is 34.0 Å². The van der Waals surface area contributed by atoms with Crippen molar-refractivity contribution in [2.45, 2.75) is 25.3 Å². The van der Waals surface area contributed by atoms with Crippen LogP contribution in [0.15, 0.2) is 6.33 Å². The Kier molecular flexibility index (Phi) is 3.59. The molecule has 0 unspecified atom stereocenters. The summed E-state index contributed by atoms with van der Waals surface area (Å²) in [5.74, 6) is 2.09. The first kappa shape index (κ1) is 10.9. The summed E-state index contributed by atoms with van der Waals surface area (Å²) in [6, 6.07) is 0. The minimum Gasteiger partial charge on any atom is -0.316 e. The molecule has 1 fully saturated rings. The summed E-state index contributed by atoms with van der Waals surface area (Å²) in [4.78, 5) is 2.38. The van der Waals surface area contributed by atoms with E-state index in [9.17, 15) is 0 Å². The number of piperidine rings is 1. The van der Waals surface area contributed by atoms with Gasteiger partial charge in [-0.25, -0.2) is 0 Å². The van der Waals surface area contributed by atoms with Crippen LogP contribution in [0.4, 0.5) is 0 Å². The van der Waals surface area contributed by atoms with E-state index in [-0.39, 0.29) is 0 Å². The second kappa shape index (κ2) is 4.94. The summed E-state index contributed by atoms with van der Waals surface area (Å²) in [6.45, 7) is 3.41. The zero-order chi connectivity index (χ0) is 10.7. The Hall–Kier alpha value is -0.610. The van der Waals surface area contributed by atoms with E-state index in [0.717, 1.165) is 18.3 Å². The molecule has 5 heteroatoms. The number of likely N-dealkylation sites (tertiary alicyclic amines) is 1. The predicted octanol–water partition coefficient (Wildman–Crippen LogP) is 1.36. The molecule has 0 radical (unpaired) electrons. The second-order valence-corrected chi connectivity index (χ2v) is 4.55. The lowest BCUT2D eigenvalue weighted by Gasteiger charge is -2.29. The van der Waals surface area contributed by atoms with Crippen molar-refractivity contribution in [2.24, 2.45) is 5.92 Å². The van der Waals surface area contributed by atoms with E-state index in [0.29, 0.717) is 5.88 Å². The van der Waals surface area contributed by atoms with Crippen molar-refractivity contribution in [3.8, 4) is 0 Å². The van der Waals surface area contributed by atoms with E-state index in [1.54, 1.807) is 6.33 Å². The lowest BCUT2D eigenvalue weighted by Crippen LogP contribution is -2.32. The van der Waals surface area contributed by atoms with Crippen LogP contribution in [0, 0.1) is 5.92 Å². The number of halogens is 1. The summed E-state index contributed by atoms with van der Waals surface area (Å²) in [6.07, 6.45) is 4.31. The largest absolute Gasteiger partial charge is 0.316 e. The molecule has 4 nitrogen and oxygen atoms in total. The quantitative estimate of drug-likeness (QED) is 0.733. The molecular formula is C10H17ClN4. The maximum atomic E-state index is 5.78. The molecule has 2 rings (SSSR count). The molecule has 0 aromatic carbocycles. The van der Waals surface area contributed by atoms with Crippen molar-refractivity contribution < 1.29 is 0 Å². The minimum atomic E-state index is 0.451. The molecular weight excluding hydrogens is 212 g/mol. The molecule has 0 amide bonds. The first-order chi connectivity index (χ1) is 7.29. The third-order valence-corrected chi connectivity index (χ3v) is 3.35. The van der Waals surface area contributed by atoms with Crippen LogP contribution in [0.5, 0.6) is 0 Å². The second-order valence-electron chi connectivity index (χ2n) is 4.28. The highest BCUT2D eigenvalue weighted by Crippen LogP contribution is 2.18. The number of hydrogen-bond acceptors (Lipinski definition) is 3. The van der Waals surface area contributed by atoms with Crippen LogP contribution in [0.1, 0.15) is 18.7 Å². The van der Waals surface area contributed by atoms with Gasteiger partial charge in [-0.1, -0.05) is 0 Å². The van der Waals surface area contributed by atoms with Crippen LogP contribution >= 0.6 is 11.6 Å². The van der Waals surface area contributed by atoms with Gasteiger partial charge in [0.1, 0.15) is 12.2 Å². The van der Waals surface area contributed by atoms with Crippen LogP contribution in [0.25, 0.3) is 0 Å². The molecule has 0 N–H and O–H groups in total. The predicted molar refractivity (Wildman–Crippen MR) is 59.8 cm³/mol. The van der Waals surface area contributed by atoms with Gasteiger partial charge >= 0.3 is 0 Å². The smallest absolute Gasteiger partial charge is 0.147 e. The van der Waals surface area contributed by atoms with Gasteiger partial charge in [0.05, 0.1) is 5.88 Å².